The van der Waals surface area contributed by atoms with E-state index in [1.807, 2.05) is 0 Å². The Labute approximate surface area is 451 Å². The molecule has 0 amide bonds. The fourth-order valence-electron chi connectivity index (χ4n) is 7.77. The first kappa shape index (κ1) is 70.7. The van der Waals surface area contributed by atoms with Crippen molar-refractivity contribution in [2.45, 2.75) is 264 Å². The summed E-state index contributed by atoms with van der Waals surface area (Å²) >= 11 is 0. The Morgan fingerprint density at radius 3 is 1.15 bits per heavy atom. The van der Waals surface area contributed by atoms with Gasteiger partial charge in [0.1, 0.15) is 12.7 Å². The van der Waals surface area contributed by atoms with Crippen LogP contribution in [0.15, 0.2) is 85.1 Å². The monoisotopic (exact) mass is 1060 g/mol. The lowest BCUT2D eigenvalue weighted by Gasteiger charge is -2.21. The Morgan fingerprint density at radius 2 is 0.716 bits per heavy atom. The first-order chi connectivity index (χ1) is 36.2. The molecule has 3 atom stereocenters. The van der Waals surface area contributed by atoms with Crippen LogP contribution < -0.4 is 0 Å². The van der Waals surface area contributed by atoms with E-state index in [1.54, 1.807) is 0 Å². The first-order valence-corrected chi connectivity index (χ1v) is 31.0. The molecule has 0 aliphatic carbocycles. The topological polar surface area (TPSA) is 155 Å². The molecule has 11 nitrogen and oxygen atoms in total. The van der Waals surface area contributed by atoms with Gasteiger partial charge in [-0.1, -0.05) is 209 Å². The third-order valence-corrected chi connectivity index (χ3v) is 13.2. The summed E-state index contributed by atoms with van der Waals surface area (Å²) in [5, 5.41) is 9.80. The number of aliphatic hydroxyl groups is 1. The fraction of sp³-hybridized carbons (Fsp3) is 0.726. The highest BCUT2D eigenvalue weighted by Gasteiger charge is 2.28. The minimum absolute atomic E-state index is 0.152. The number of aliphatic hydroxyl groups excluding tert-OH is 1. The summed E-state index contributed by atoms with van der Waals surface area (Å²) in [6.07, 6.45) is 64.0. The van der Waals surface area contributed by atoms with Crippen LogP contribution in [-0.4, -0.2) is 66.5 Å². The van der Waals surface area contributed by atoms with Crippen molar-refractivity contribution < 1.29 is 52.2 Å². The molecule has 0 bridgehead atoms. The molecule has 0 aliphatic rings. The second-order valence-electron chi connectivity index (χ2n) is 19.4. The Kier molecular flexibility index (Phi) is 53.4. The van der Waals surface area contributed by atoms with E-state index < -0.39 is 57.8 Å². The van der Waals surface area contributed by atoms with Gasteiger partial charge in [-0.15, -0.1) is 0 Å². The van der Waals surface area contributed by atoms with Gasteiger partial charge in [0, 0.05) is 19.3 Å². The molecule has 0 heterocycles. The molecule has 0 aliphatic heterocycles. The molecule has 0 fully saturated rings. The smallest absolute Gasteiger partial charge is 0.462 e. The van der Waals surface area contributed by atoms with Crippen LogP contribution >= 0.6 is 7.82 Å². The van der Waals surface area contributed by atoms with Gasteiger partial charge in [-0.2, -0.15) is 0 Å². The number of allylic oxidation sites excluding steroid dienone is 14. The zero-order chi connectivity index (χ0) is 54.1. The SMILES string of the molecule is CC/C=C\C/C=C\C/C=C\C/C=C\C/C=C\CCCCCC(=O)OCC(COP(=O)(O)OCC(CO)OC(=O)CCCCCCC/C=C\CCCC)OC(=O)CCCCCCCCC/C=C\CCCCCCCC. The van der Waals surface area contributed by atoms with Gasteiger partial charge in [0.2, 0.25) is 0 Å². The molecule has 0 radical (unpaired) electrons. The molecule has 0 spiro atoms. The highest BCUT2D eigenvalue weighted by molar-refractivity contribution is 7.47. The van der Waals surface area contributed by atoms with Crippen LogP contribution in [0.1, 0.15) is 252 Å². The molecule has 74 heavy (non-hydrogen) atoms. The van der Waals surface area contributed by atoms with Crippen LogP contribution in [0.5, 0.6) is 0 Å². The predicted octanol–water partition coefficient (Wildman–Crippen LogP) is 17.5. The molecule has 0 aromatic carbocycles. The molecule has 2 N–H and O–H groups in total. The lowest BCUT2D eigenvalue weighted by Crippen LogP contribution is -2.30. The maximum atomic E-state index is 12.9. The number of hydrogen-bond acceptors (Lipinski definition) is 10. The molecule has 12 heteroatoms. The second-order valence-corrected chi connectivity index (χ2v) is 20.9. The molecule has 0 saturated carbocycles. The number of rotatable bonds is 54. The van der Waals surface area contributed by atoms with E-state index in [2.05, 4.69) is 106 Å². The molecular formula is C62H107O11P. The Bertz CT molecular complexity index is 1560. The largest absolute Gasteiger partial charge is 0.472 e. The molecule has 0 saturated heterocycles. The van der Waals surface area contributed by atoms with Gasteiger partial charge in [-0.25, -0.2) is 4.57 Å². The van der Waals surface area contributed by atoms with Gasteiger partial charge in [-0.3, -0.25) is 23.4 Å². The summed E-state index contributed by atoms with van der Waals surface area (Å²) in [5.74, 6) is -1.52. The van der Waals surface area contributed by atoms with Gasteiger partial charge in [-0.05, 0) is 109 Å². The van der Waals surface area contributed by atoms with Gasteiger partial charge in [0.25, 0.3) is 0 Å². The standard InChI is InChI=1S/C62H107O11P/c1-4-7-10-13-16-19-22-24-26-28-29-31-32-34-37-39-42-45-48-51-60(64)69-55-59(73-62(66)53-50-47-44-41-38-35-33-30-27-25-23-20-17-14-11-8-5-2)57-71-74(67,68)70-56-58(54-63)72-61(65)52-49-46-43-40-36-21-18-15-12-9-6-3/h7,10,15-16,18-19,24-27,29,31,34,37,58-59,63H,4-6,8-9,11-14,17,20-23,28,30,32-33,35-36,38-57H2,1-3H3,(H,67,68)/b10-7-,18-15-,19-16-,26-24-,27-25-,31-29-,37-34-. The lowest BCUT2D eigenvalue weighted by molar-refractivity contribution is -0.161. The van der Waals surface area contributed by atoms with E-state index in [-0.39, 0.29) is 25.9 Å². The first-order valence-electron chi connectivity index (χ1n) is 29.5. The van der Waals surface area contributed by atoms with Crippen LogP contribution in [0.3, 0.4) is 0 Å². The van der Waals surface area contributed by atoms with Crippen LogP contribution in [0.4, 0.5) is 0 Å². The van der Waals surface area contributed by atoms with Gasteiger partial charge < -0.3 is 24.2 Å². The third-order valence-electron chi connectivity index (χ3n) is 12.3. The lowest BCUT2D eigenvalue weighted by atomic mass is 10.1. The van der Waals surface area contributed by atoms with Crippen molar-refractivity contribution in [3.05, 3.63) is 85.1 Å². The molecule has 0 aromatic rings. The number of carbonyl (C=O) groups is 3. The summed E-state index contributed by atoms with van der Waals surface area (Å²) < 4.78 is 39.5. The second kappa shape index (κ2) is 55.9. The third kappa shape index (κ3) is 53.5. The van der Waals surface area contributed by atoms with Gasteiger partial charge in [0.15, 0.2) is 6.10 Å². The zero-order valence-corrected chi connectivity index (χ0v) is 47.9. The number of hydrogen-bond donors (Lipinski definition) is 2. The number of phosphoric ester groups is 1. The predicted molar refractivity (Wildman–Crippen MR) is 307 cm³/mol. The number of ether oxygens (including phenoxy) is 3. The summed E-state index contributed by atoms with van der Waals surface area (Å²) in [6, 6.07) is 0. The average molecular weight is 1060 g/mol. The van der Waals surface area contributed by atoms with Crippen LogP contribution in [-0.2, 0) is 42.2 Å². The maximum absolute atomic E-state index is 12.9. The van der Waals surface area contributed by atoms with Crippen molar-refractivity contribution in [3.63, 3.8) is 0 Å². The zero-order valence-electron chi connectivity index (χ0n) is 47.0. The van der Waals surface area contributed by atoms with E-state index in [9.17, 15) is 28.9 Å². The molecule has 0 rings (SSSR count). The Hall–Kier alpha value is -3.34. The number of phosphoric acid groups is 1. The van der Waals surface area contributed by atoms with Crippen molar-refractivity contribution in [1.82, 2.24) is 0 Å². The summed E-state index contributed by atoms with van der Waals surface area (Å²) in [5.41, 5.74) is 0. The summed E-state index contributed by atoms with van der Waals surface area (Å²) in [7, 11) is -4.76. The van der Waals surface area contributed by atoms with E-state index in [0.29, 0.717) is 19.3 Å². The van der Waals surface area contributed by atoms with E-state index in [0.717, 1.165) is 122 Å². The quantitative estimate of drug-likeness (QED) is 0.0197. The van der Waals surface area contributed by atoms with Gasteiger partial charge in [0.05, 0.1) is 19.8 Å². The normalized spacial score (nSPS) is 14.0. The van der Waals surface area contributed by atoms with Crippen molar-refractivity contribution >= 4 is 25.7 Å². The van der Waals surface area contributed by atoms with Crippen molar-refractivity contribution in [3.8, 4) is 0 Å². The number of carbonyl (C=O) groups excluding carboxylic acids is 3. The molecular weight excluding hydrogens is 952 g/mol. The van der Waals surface area contributed by atoms with Crippen LogP contribution in [0, 0.1) is 0 Å². The van der Waals surface area contributed by atoms with E-state index in [1.165, 1.54) is 70.6 Å². The van der Waals surface area contributed by atoms with Crippen molar-refractivity contribution in [2.75, 3.05) is 26.4 Å². The number of esters is 3. The summed E-state index contributed by atoms with van der Waals surface area (Å²) in [4.78, 5) is 48.5. The van der Waals surface area contributed by atoms with Crippen LogP contribution in [0.25, 0.3) is 0 Å². The average Bonchev–Trinajstić information content (AvgIpc) is 3.39. The maximum Gasteiger partial charge on any atom is 0.472 e. The Morgan fingerprint density at radius 1 is 0.392 bits per heavy atom. The van der Waals surface area contributed by atoms with Crippen molar-refractivity contribution in [1.29, 1.82) is 0 Å². The molecule has 426 valence electrons. The minimum Gasteiger partial charge on any atom is -0.462 e. The van der Waals surface area contributed by atoms with Crippen molar-refractivity contribution in [2.24, 2.45) is 0 Å². The van der Waals surface area contributed by atoms with Crippen LogP contribution in [0.2, 0.25) is 0 Å². The highest BCUT2D eigenvalue weighted by atomic mass is 31.2. The summed E-state index contributed by atoms with van der Waals surface area (Å²) in [6.45, 7) is 4.44. The fourth-order valence-corrected chi connectivity index (χ4v) is 8.55. The highest BCUT2D eigenvalue weighted by Crippen LogP contribution is 2.43. The van der Waals surface area contributed by atoms with E-state index in [4.69, 9.17) is 23.3 Å². The molecule has 3 unspecified atom stereocenters. The van der Waals surface area contributed by atoms with E-state index >= 15 is 0 Å². The minimum atomic E-state index is -4.76. The number of unbranched alkanes of at least 4 members (excludes halogenated alkanes) is 23. The molecule has 0 aromatic heterocycles. The van der Waals surface area contributed by atoms with Gasteiger partial charge >= 0.3 is 25.7 Å². The Balaban J connectivity index is 4.79.